The van der Waals surface area contributed by atoms with Gasteiger partial charge < -0.3 is 10.1 Å². The molecule has 2 aromatic rings. The molecule has 8 heteroatoms. The first kappa shape index (κ1) is 21.1. The lowest BCUT2D eigenvalue weighted by Crippen LogP contribution is -2.38. The Morgan fingerprint density at radius 3 is 2.54 bits per heavy atom. The molecule has 1 aromatic carbocycles. The van der Waals surface area contributed by atoms with Gasteiger partial charge in [-0.3, -0.25) is 24.3 Å². The fraction of sp³-hybridized carbons (Fsp3) is 0.400. The Kier molecular flexibility index (Phi) is 7.74. The molecule has 0 aliphatic rings. The number of aromatic nitrogens is 2. The van der Waals surface area contributed by atoms with Crippen molar-refractivity contribution in [2.45, 2.75) is 51.8 Å². The molecule has 0 fully saturated rings. The second-order valence-electron chi connectivity index (χ2n) is 6.44. The summed E-state index contributed by atoms with van der Waals surface area (Å²) in [7, 11) is 0. The molecule has 2 atom stereocenters. The molecule has 1 heterocycles. The van der Waals surface area contributed by atoms with Crippen LogP contribution in [0.25, 0.3) is 0 Å². The molecule has 1 aromatic heterocycles. The van der Waals surface area contributed by atoms with E-state index in [1.54, 1.807) is 0 Å². The fourth-order valence-corrected chi connectivity index (χ4v) is 2.73. The predicted octanol–water partition coefficient (Wildman–Crippen LogP) is 1.52. The summed E-state index contributed by atoms with van der Waals surface area (Å²) < 4.78 is 6.19. The number of ether oxygens (including phenoxy) is 1. The molecule has 2 rings (SSSR count). The average molecular weight is 387 g/mol. The second kappa shape index (κ2) is 10.2. The number of amides is 1. The topological polar surface area (TPSA) is 110 Å². The highest BCUT2D eigenvalue weighted by Crippen LogP contribution is 2.18. The first-order valence-corrected chi connectivity index (χ1v) is 9.25. The van der Waals surface area contributed by atoms with Gasteiger partial charge in [0.1, 0.15) is 0 Å². The van der Waals surface area contributed by atoms with Crippen LogP contribution < -0.4 is 16.4 Å². The van der Waals surface area contributed by atoms with Gasteiger partial charge in [0.2, 0.25) is 0 Å². The zero-order valence-corrected chi connectivity index (χ0v) is 16.0. The molecular formula is C20H25N3O5. The van der Waals surface area contributed by atoms with Gasteiger partial charge in [-0.1, -0.05) is 43.7 Å². The average Bonchev–Trinajstić information content (AvgIpc) is 2.68. The van der Waals surface area contributed by atoms with E-state index >= 15 is 0 Å². The summed E-state index contributed by atoms with van der Waals surface area (Å²) in [6, 6.07) is 11.7. The van der Waals surface area contributed by atoms with Gasteiger partial charge in [0.15, 0.2) is 6.10 Å². The molecule has 0 aliphatic carbocycles. The van der Waals surface area contributed by atoms with Crippen molar-refractivity contribution < 1.29 is 14.3 Å². The number of carbonyl (C=O) groups is 2. The molecule has 28 heavy (non-hydrogen) atoms. The van der Waals surface area contributed by atoms with Gasteiger partial charge in [0, 0.05) is 12.1 Å². The Labute approximate surface area is 162 Å². The summed E-state index contributed by atoms with van der Waals surface area (Å²) in [6.07, 6.45) is 0.537. The van der Waals surface area contributed by atoms with Crippen molar-refractivity contribution in [3.8, 4) is 0 Å². The highest BCUT2D eigenvalue weighted by Gasteiger charge is 2.21. The SMILES string of the molecule is CCC[C@H](NC(=O)[C@H](C)OC(=O)CCn1[nH]c(=O)ccc1=O)c1ccccc1. The van der Waals surface area contributed by atoms with Gasteiger partial charge in [0.25, 0.3) is 17.0 Å². The molecule has 0 bridgehead atoms. The largest absolute Gasteiger partial charge is 0.452 e. The van der Waals surface area contributed by atoms with Crippen LogP contribution in [-0.2, 0) is 20.9 Å². The fourth-order valence-electron chi connectivity index (χ4n) is 2.73. The highest BCUT2D eigenvalue weighted by molar-refractivity contribution is 5.83. The van der Waals surface area contributed by atoms with Crippen molar-refractivity contribution in [3.05, 3.63) is 68.7 Å². The third kappa shape index (κ3) is 6.22. The number of carbonyl (C=O) groups excluding carboxylic acids is 2. The molecule has 0 aliphatic heterocycles. The summed E-state index contributed by atoms with van der Waals surface area (Å²) in [6.45, 7) is 3.49. The van der Waals surface area contributed by atoms with Crippen molar-refractivity contribution in [2.75, 3.05) is 0 Å². The maximum Gasteiger partial charge on any atom is 0.308 e. The van der Waals surface area contributed by atoms with Gasteiger partial charge in [-0.15, -0.1) is 0 Å². The van der Waals surface area contributed by atoms with E-state index in [1.807, 2.05) is 37.3 Å². The lowest BCUT2D eigenvalue weighted by atomic mass is 10.0. The standard InChI is InChI=1S/C20H25N3O5/c1-3-7-16(15-8-5-4-6-9-15)21-20(27)14(2)28-19(26)12-13-23-18(25)11-10-17(24)22-23/h4-6,8-11,14,16H,3,7,12-13H2,1-2H3,(H,21,27)(H,22,24)/t14-,16-/m0/s1. The minimum Gasteiger partial charge on any atom is -0.452 e. The lowest BCUT2D eigenvalue weighted by Gasteiger charge is -2.21. The molecule has 0 unspecified atom stereocenters. The van der Waals surface area contributed by atoms with Crippen LogP contribution in [0.3, 0.4) is 0 Å². The predicted molar refractivity (Wildman–Crippen MR) is 104 cm³/mol. The van der Waals surface area contributed by atoms with Gasteiger partial charge in [-0.05, 0) is 18.9 Å². The van der Waals surface area contributed by atoms with E-state index < -0.39 is 23.2 Å². The van der Waals surface area contributed by atoms with Gasteiger partial charge >= 0.3 is 5.97 Å². The molecule has 8 nitrogen and oxygen atoms in total. The molecule has 0 saturated carbocycles. The Morgan fingerprint density at radius 1 is 1.14 bits per heavy atom. The normalized spacial score (nSPS) is 12.8. The summed E-state index contributed by atoms with van der Waals surface area (Å²) in [5.74, 6) is -1.02. The van der Waals surface area contributed by atoms with Gasteiger partial charge in [0.05, 0.1) is 19.0 Å². The zero-order chi connectivity index (χ0) is 20.5. The molecule has 1 amide bonds. The van der Waals surface area contributed by atoms with E-state index in [1.165, 1.54) is 6.92 Å². The molecule has 0 saturated heterocycles. The third-order valence-electron chi connectivity index (χ3n) is 4.20. The summed E-state index contributed by atoms with van der Waals surface area (Å²) in [5, 5.41) is 5.24. The minimum atomic E-state index is -0.970. The molecule has 2 N–H and O–H groups in total. The molecule has 0 spiro atoms. The lowest BCUT2D eigenvalue weighted by molar-refractivity contribution is -0.155. The molecule has 150 valence electrons. The summed E-state index contributed by atoms with van der Waals surface area (Å²) in [5.41, 5.74) is 0.121. The van der Waals surface area contributed by atoms with E-state index in [4.69, 9.17) is 4.74 Å². The van der Waals surface area contributed by atoms with Crippen LogP contribution in [0.15, 0.2) is 52.1 Å². The van der Waals surface area contributed by atoms with Crippen LogP contribution in [0.1, 0.15) is 44.7 Å². The Morgan fingerprint density at radius 2 is 1.86 bits per heavy atom. The molecular weight excluding hydrogens is 362 g/mol. The second-order valence-corrected chi connectivity index (χ2v) is 6.44. The number of H-pyrrole nitrogens is 1. The van der Waals surface area contributed by atoms with Gasteiger partial charge in [-0.2, -0.15) is 0 Å². The number of hydrogen-bond donors (Lipinski definition) is 2. The van der Waals surface area contributed by atoms with Crippen LogP contribution in [0, 0.1) is 0 Å². The first-order chi connectivity index (χ1) is 13.4. The first-order valence-electron chi connectivity index (χ1n) is 9.25. The van der Waals surface area contributed by atoms with Crippen LogP contribution in [0.2, 0.25) is 0 Å². The van der Waals surface area contributed by atoms with E-state index in [0.29, 0.717) is 0 Å². The van der Waals surface area contributed by atoms with Crippen molar-refractivity contribution in [2.24, 2.45) is 0 Å². The molecule has 0 radical (unpaired) electrons. The van der Waals surface area contributed by atoms with E-state index in [2.05, 4.69) is 10.4 Å². The number of nitrogens with one attached hydrogen (secondary N) is 2. The quantitative estimate of drug-likeness (QED) is 0.634. The number of rotatable bonds is 9. The zero-order valence-electron chi connectivity index (χ0n) is 16.0. The number of aromatic amines is 1. The van der Waals surface area contributed by atoms with Crippen LogP contribution in [0.5, 0.6) is 0 Å². The summed E-state index contributed by atoms with van der Waals surface area (Å²) in [4.78, 5) is 47.3. The van der Waals surface area contributed by atoms with Crippen LogP contribution in [0.4, 0.5) is 0 Å². The van der Waals surface area contributed by atoms with Crippen molar-refractivity contribution >= 4 is 11.9 Å². The number of esters is 1. The van der Waals surface area contributed by atoms with Crippen LogP contribution in [-0.4, -0.2) is 27.8 Å². The van der Waals surface area contributed by atoms with Crippen molar-refractivity contribution in [1.82, 2.24) is 15.1 Å². The van der Waals surface area contributed by atoms with E-state index in [9.17, 15) is 19.2 Å². The van der Waals surface area contributed by atoms with E-state index in [-0.39, 0.29) is 24.9 Å². The van der Waals surface area contributed by atoms with Crippen molar-refractivity contribution in [3.63, 3.8) is 0 Å². The monoisotopic (exact) mass is 387 g/mol. The Balaban J connectivity index is 1.89. The Bertz CT molecular complexity index is 904. The van der Waals surface area contributed by atoms with Crippen LogP contribution >= 0.6 is 0 Å². The number of benzene rings is 1. The van der Waals surface area contributed by atoms with E-state index in [0.717, 1.165) is 35.2 Å². The van der Waals surface area contributed by atoms with Crippen molar-refractivity contribution in [1.29, 1.82) is 0 Å². The minimum absolute atomic E-state index is 0.0371. The highest BCUT2D eigenvalue weighted by atomic mass is 16.5. The summed E-state index contributed by atoms with van der Waals surface area (Å²) >= 11 is 0. The maximum absolute atomic E-state index is 12.4. The number of aryl methyl sites for hydroxylation is 1. The van der Waals surface area contributed by atoms with Gasteiger partial charge in [-0.25, -0.2) is 4.68 Å². The maximum atomic E-state index is 12.4. The number of hydrogen-bond acceptors (Lipinski definition) is 5. The number of nitrogens with zero attached hydrogens (tertiary/aromatic N) is 1. The third-order valence-corrected chi connectivity index (χ3v) is 4.20. The Hall–Kier alpha value is -3.16. The smallest absolute Gasteiger partial charge is 0.308 e.